The zero-order valence-electron chi connectivity index (χ0n) is 16.5. The molecule has 0 atom stereocenters. The summed E-state index contributed by atoms with van der Waals surface area (Å²) in [5.41, 5.74) is 3.09. The van der Waals surface area contributed by atoms with Crippen molar-refractivity contribution in [3.63, 3.8) is 0 Å². The van der Waals surface area contributed by atoms with Crippen LogP contribution in [-0.2, 0) is 9.53 Å². The number of para-hydroxylation sites is 1. The monoisotopic (exact) mass is 394 g/mol. The van der Waals surface area contributed by atoms with Gasteiger partial charge in [0.15, 0.2) is 6.61 Å². The number of anilines is 1. The van der Waals surface area contributed by atoms with Crippen molar-refractivity contribution in [2.75, 3.05) is 18.5 Å². The Balaban J connectivity index is 1.66. The Morgan fingerprint density at radius 1 is 1.10 bits per heavy atom. The number of nitrogens with zero attached hydrogens (tertiary/aromatic N) is 3. The SMILES string of the molecule is CCOc1ncccc1C(=O)OCC(=O)Nc1c(C)nn(-c2ccccc2)c1C. The quantitative estimate of drug-likeness (QED) is 0.619. The van der Waals surface area contributed by atoms with E-state index < -0.39 is 18.5 Å². The van der Waals surface area contributed by atoms with Crippen LogP contribution in [0.15, 0.2) is 48.7 Å². The van der Waals surface area contributed by atoms with E-state index in [9.17, 15) is 9.59 Å². The van der Waals surface area contributed by atoms with Gasteiger partial charge < -0.3 is 14.8 Å². The van der Waals surface area contributed by atoms with Crippen LogP contribution in [0.2, 0.25) is 0 Å². The molecule has 0 bridgehead atoms. The Morgan fingerprint density at radius 2 is 1.86 bits per heavy atom. The summed E-state index contributed by atoms with van der Waals surface area (Å²) in [6.45, 7) is 5.38. The minimum Gasteiger partial charge on any atom is -0.477 e. The first-order valence-electron chi connectivity index (χ1n) is 9.17. The molecule has 0 spiro atoms. The van der Waals surface area contributed by atoms with Crippen LogP contribution >= 0.6 is 0 Å². The topological polar surface area (TPSA) is 95.3 Å². The highest BCUT2D eigenvalue weighted by Crippen LogP contribution is 2.22. The first-order valence-corrected chi connectivity index (χ1v) is 9.17. The Labute approximate surface area is 168 Å². The summed E-state index contributed by atoms with van der Waals surface area (Å²) in [6, 6.07) is 12.7. The number of amides is 1. The molecule has 2 heterocycles. The fourth-order valence-corrected chi connectivity index (χ4v) is 2.83. The van der Waals surface area contributed by atoms with Crippen LogP contribution in [0, 0.1) is 13.8 Å². The summed E-state index contributed by atoms with van der Waals surface area (Å²) in [4.78, 5) is 28.6. The van der Waals surface area contributed by atoms with E-state index in [1.54, 1.807) is 24.6 Å². The van der Waals surface area contributed by atoms with Crippen molar-refractivity contribution in [3.05, 3.63) is 65.6 Å². The number of aryl methyl sites for hydroxylation is 1. The Hall–Kier alpha value is -3.68. The number of nitrogens with one attached hydrogen (secondary N) is 1. The third kappa shape index (κ3) is 4.60. The van der Waals surface area contributed by atoms with Crippen molar-refractivity contribution >= 4 is 17.6 Å². The van der Waals surface area contributed by atoms with Crippen LogP contribution in [0.1, 0.15) is 28.7 Å². The molecule has 3 rings (SSSR count). The molecule has 3 aromatic rings. The second-order valence-corrected chi connectivity index (χ2v) is 6.21. The number of hydrogen-bond acceptors (Lipinski definition) is 6. The lowest BCUT2D eigenvalue weighted by atomic mass is 10.3. The number of ether oxygens (including phenoxy) is 2. The molecular weight excluding hydrogens is 372 g/mol. The van der Waals surface area contributed by atoms with Crippen molar-refractivity contribution in [2.24, 2.45) is 0 Å². The summed E-state index contributed by atoms with van der Waals surface area (Å²) < 4.78 is 12.2. The third-order valence-electron chi connectivity index (χ3n) is 4.16. The molecule has 0 aliphatic carbocycles. The van der Waals surface area contributed by atoms with Crippen molar-refractivity contribution in [1.82, 2.24) is 14.8 Å². The second-order valence-electron chi connectivity index (χ2n) is 6.21. The van der Waals surface area contributed by atoms with Gasteiger partial charge in [0.05, 0.1) is 29.4 Å². The molecule has 1 N–H and O–H groups in total. The number of pyridine rings is 1. The Bertz CT molecular complexity index is 1010. The van der Waals surface area contributed by atoms with Crippen LogP contribution in [0.5, 0.6) is 5.88 Å². The predicted octanol–water partition coefficient (Wildman–Crippen LogP) is 3.08. The van der Waals surface area contributed by atoms with Gasteiger partial charge in [0.25, 0.3) is 5.91 Å². The molecule has 1 amide bonds. The van der Waals surface area contributed by atoms with E-state index in [1.165, 1.54) is 12.3 Å². The fourth-order valence-electron chi connectivity index (χ4n) is 2.83. The van der Waals surface area contributed by atoms with Gasteiger partial charge in [-0.05, 0) is 45.0 Å². The maximum Gasteiger partial charge on any atom is 0.344 e. The van der Waals surface area contributed by atoms with Crippen LogP contribution < -0.4 is 10.1 Å². The number of aromatic nitrogens is 3. The van der Waals surface area contributed by atoms with E-state index in [4.69, 9.17) is 9.47 Å². The van der Waals surface area contributed by atoms with E-state index in [0.717, 1.165) is 11.4 Å². The summed E-state index contributed by atoms with van der Waals surface area (Å²) in [6.07, 6.45) is 1.52. The number of esters is 1. The second kappa shape index (κ2) is 9.01. The molecule has 150 valence electrons. The lowest BCUT2D eigenvalue weighted by Crippen LogP contribution is -2.22. The maximum absolute atomic E-state index is 12.3. The van der Waals surface area contributed by atoms with Crippen molar-refractivity contribution < 1.29 is 19.1 Å². The highest BCUT2D eigenvalue weighted by Gasteiger charge is 2.19. The molecule has 0 saturated carbocycles. The van der Waals surface area contributed by atoms with Gasteiger partial charge in [-0.2, -0.15) is 5.10 Å². The highest BCUT2D eigenvalue weighted by molar-refractivity contribution is 5.97. The van der Waals surface area contributed by atoms with Crippen LogP contribution in [0.4, 0.5) is 5.69 Å². The largest absolute Gasteiger partial charge is 0.477 e. The number of carbonyl (C=O) groups is 2. The van der Waals surface area contributed by atoms with E-state index in [0.29, 0.717) is 18.0 Å². The van der Waals surface area contributed by atoms with Crippen LogP contribution in [-0.4, -0.2) is 39.9 Å². The molecule has 2 aromatic heterocycles. The number of hydrogen-bond donors (Lipinski definition) is 1. The smallest absolute Gasteiger partial charge is 0.344 e. The first-order chi connectivity index (χ1) is 14.0. The molecule has 29 heavy (non-hydrogen) atoms. The van der Waals surface area contributed by atoms with E-state index in [2.05, 4.69) is 15.4 Å². The van der Waals surface area contributed by atoms with Gasteiger partial charge in [-0.15, -0.1) is 0 Å². The average Bonchev–Trinajstić information content (AvgIpc) is 3.01. The molecule has 0 aliphatic rings. The number of benzene rings is 1. The van der Waals surface area contributed by atoms with Crippen LogP contribution in [0.25, 0.3) is 5.69 Å². The summed E-state index contributed by atoms with van der Waals surface area (Å²) in [7, 11) is 0. The molecule has 0 radical (unpaired) electrons. The third-order valence-corrected chi connectivity index (χ3v) is 4.16. The molecule has 0 fully saturated rings. The predicted molar refractivity (Wildman–Crippen MR) is 107 cm³/mol. The molecule has 8 nitrogen and oxygen atoms in total. The average molecular weight is 394 g/mol. The molecule has 0 aliphatic heterocycles. The van der Waals surface area contributed by atoms with Gasteiger partial charge in [-0.3, -0.25) is 4.79 Å². The lowest BCUT2D eigenvalue weighted by Gasteiger charge is -2.09. The van der Waals surface area contributed by atoms with Gasteiger partial charge in [0.1, 0.15) is 5.56 Å². The van der Waals surface area contributed by atoms with Gasteiger partial charge >= 0.3 is 5.97 Å². The highest BCUT2D eigenvalue weighted by atomic mass is 16.5. The molecule has 0 unspecified atom stereocenters. The molecule has 0 saturated heterocycles. The van der Waals surface area contributed by atoms with E-state index >= 15 is 0 Å². The number of carbonyl (C=O) groups excluding carboxylic acids is 2. The zero-order chi connectivity index (χ0) is 20.8. The standard InChI is InChI=1S/C21H22N4O4/c1-4-28-20-17(11-8-12-22-20)21(27)29-13-18(26)23-19-14(2)24-25(15(19)3)16-9-6-5-7-10-16/h5-12H,4,13H2,1-3H3,(H,23,26). The Kier molecular flexibility index (Phi) is 6.23. The summed E-state index contributed by atoms with van der Waals surface area (Å²) in [5, 5.41) is 7.25. The lowest BCUT2D eigenvalue weighted by molar-refractivity contribution is -0.119. The van der Waals surface area contributed by atoms with Gasteiger partial charge in [0.2, 0.25) is 5.88 Å². The van der Waals surface area contributed by atoms with Gasteiger partial charge in [-0.25, -0.2) is 14.5 Å². The molecular formula is C21H22N4O4. The van der Waals surface area contributed by atoms with Crippen molar-refractivity contribution in [3.8, 4) is 11.6 Å². The van der Waals surface area contributed by atoms with E-state index in [-0.39, 0.29) is 11.4 Å². The van der Waals surface area contributed by atoms with Crippen molar-refractivity contribution in [1.29, 1.82) is 0 Å². The fraction of sp³-hybridized carbons (Fsp3) is 0.238. The minimum atomic E-state index is -0.676. The van der Waals surface area contributed by atoms with Gasteiger partial charge in [-0.1, -0.05) is 18.2 Å². The van der Waals surface area contributed by atoms with E-state index in [1.807, 2.05) is 37.3 Å². The normalized spacial score (nSPS) is 10.4. The van der Waals surface area contributed by atoms with Crippen LogP contribution in [0.3, 0.4) is 0 Å². The first kappa shape index (κ1) is 20.1. The maximum atomic E-state index is 12.3. The summed E-state index contributed by atoms with van der Waals surface area (Å²) >= 11 is 0. The summed E-state index contributed by atoms with van der Waals surface area (Å²) in [5.74, 6) is -0.958. The molecule has 1 aromatic carbocycles. The van der Waals surface area contributed by atoms with Crippen molar-refractivity contribution in [2.45, 2.75) is 20.8 Å². The number of rotatable bonds is 7. The molecule has 8 heteroatoms. The Morgan fingerprint density at radius 3 is 2.59 bits per heavy atom. The van der Waals surface area contributed by atoms with Gasteiger partial charge in [0, 0.05) is 6.20 Å². The minimum absolute atomic E-state index is 0.173. The zero-order valence-corrected chi connectivity index (χ0v) is 16.5.